The minimum absolute atomic E-state index is 0.165. The second-order valence-corrected chi connectivity index (χ2v) is 3.19. The number of hydrogen-bond acceptors (Lipinski definition) is 5. The van der Waals surface area contributed by atoms with Crippen LogP contribution in [0.4, 0.5) is 10.6 Å². The van der Waals surface area contributed by atoms with Crippen molar-refractivity contribution in [1.29, 1.82) is 0 Å². The lowest BCUT2D eigenvalue weighted by atomic mass is 10.4. The molecule has 0 aromatic carbocycles. The maximum Gasteiger partial charge on any atom is 0.412 e. The molecule has 84 valence electrons. The molecule has 0 spiro atoms. The highest BCUT2D eigenvalue weighted by Gasteiger charge is 2.10. The molecule has 0 saturated heterocycles. The maximum absolute atomic E-state index is 11.1. The van der Waals surface area contributed by atoms with Crippen molar-refractivity contribution in [2.24, 2.45) is 0 Å². The fraction of sp³-hybridized carbons (Fsp3) is 0.250. The Hall–Kier alpha value is -1.89. The molecule has 2 aromatic rings. The Labute approximate surface area is 95.1 Å². The summed E-state index contributed by atoms with van der Waals surface area (Å²) in [6, 6.07) is 1.54. The van der Waals surface area contributed by atoms with Gasteiger partial charge in [0.15, 0.2) is 5.15 Å². The number of aromatic nitrogens is 4. The van der Waals surface area contributed by atoms with E-state index in [1.165, 1.54) is 0 Å². The molecule has 0 unspecified atom stereocenters. The lowest BCUT2D eigenvalue weighted by molar-refractivity contribution is 0.168. The predicted molar refractivity (Wildman–Crippen MR) is 57.3 cm³/mol. The summed E-state index contributed by atoms with van der Waals surface area (Å²) in [5, 5.41) is 12.6. The minimum atomic E-state index is -0.589. The molecule has 8 heteroatoms. The van der Waals surface area contributed by atoms with E-state index in [1.807, 2.05) is 0 Å². The van der Waals surface area contributed by atoms with Crippen LogP contribution in [0.15, 0.2) is 6.07 Å². The number of H-pyrrole nitrogens is 1. The first kappa shape index (κ1) is 10.6. The van der Waals surface area contributed by atoms with Crippen LogP contribution >= 0.6 is 11.6 Å². The Balaban J connectivity index is 2.28. The zero-order valence-corrected chi connectivity index (χ0v) is 9.08. The fourth-order valence-electron chi connectivity index (χ4n) is 1.15. The topological polar surface area (TPSA) is 92.8 Å². The van der Waals surface area contributed by atoms with Gasteiger partial charge in [0.25, 0.3) is 0 Å². The number of carbonyl (C=O) groups excluding carboxylic acids is 1. The third kappa shape index (κ3) is 2.03. The van der Waals surface area contributed by atoms with Gasteiger partial charge in [-0.05, 0) is 6.92 Å². The normalized spacial score (nSPS) is 10.4. The van der Waals surface area contributed by atoms with E-state index in [0.717, 1.165) is 0 Å². The van der Waals surface area contributed by atoms with Gasteiger partial charge in [-0.2, -0.15) is 15.4 Å². The van der Waals surface area contributed by atoms with Gasteiger partial charge in [-0.25, -0.2) is 9.78 Å². The van der Waals surface area contributed by atoms with Crippen LogP contribution in [0.2, 0.25) is 5.15 Å². The standard InChI is InChI=1S/C8H8ClN5O2/c1-2-16-8(15)11-5-3-4-6(7(9)10-5)13-14-12-4/h3H,2H2,1H3,(H,10,11,15)(H,12,13,14). The lowest BCUT2D eigenvalue weighted by Crippen LogP contribution is -2.14. The molecule has 2 heterocycles. The van der Waals surface area contributed by atoms with Gasteiger partial charge in [0, 0.05) is 6.07 Å². The maximum atomic E-state index is 11.1. The van der Waals surface area contributed by atoms with Crippen molar-refractivity contribution in [2.45, 2.75) is 6.92 Å². The number of rotatable bonds is 2. The van der Waals surface area contributed by atoms with E-state index in [0.29, 0.717) is 11.0 Å². The van der Waals surface area contributed by atoms with Gasteiger partial charge in [0.1, 0.15) is 16.9 Å². The highest BCUT2D eigenvalue weighted by atomic mass is 35.5. The lowest BCUT2D eigenvalue weighted by Gasteiger charge is -2.04. The molecule has 2 rings (SSSR count). The van der Waals surface area contributed by atoms with E-state index < -0.39 is 6.09 Å². The summed E-state index contributed by atoms with van der Waals surface area (Å²) in [5.74, 6) is 0.268. The first-order chi connectivity index (χ1) is 7.70. The minimum Gasteiger partial charge on any atom is -0.450 e. The molecular formula is C8H8ClN5O2. The van der Waals surface area contributed by atoms with E-state index in [2.05, 4.69) is 25.7 Å². The van der Waals surface area contributed by atoms with Gasteiger partial charge in [-0.15, -0.1) is 0 Å². The van der Waals surface area contributed by atoms with Crippen molar-refractivity contribution < 1.29 is 9.53 Å². The Kier molecular flexibility index (Phi) is 2.86. The number of nitrogens with zero attached hydrogens (tertiary/aromatic N) is 3. The number of ether oxygens (including phenoxy) is 1. The van der Waals surface area contributed by atoms with Gasteiger partial charge in [0.2, 0.25) is 0 Å². The average molecular weight is 242 g/mol. The average Bonchev–Trinajstić information content (AvgIpc) is 2.66. The van der Waals surface area contributed by atoms with Crippen LogP contribution in [0, 0.1) is 0 Å². The molecule has 2 N–H and O–H groups in total. The molecular weight excluding hydrogens is 234 g/mol. The molecule has 1 amide bonds. The van der Waals surface area contributed by atoms with E-state index in [4.69, 9.17) is 16.3 Å². The molecule has 0 radical (unpaired) electrons. The first-order valence-corrected chi connectivity index (χ1v) is 4.89. The molecule has 0 fully saturated rings. The van der Waals surface area contributed by atoms with Crippen LogP contribution < -0.4 is 5.32 Å². The highest BCUT2D eigenvalue weighted by Crippen LogP contribution is 2.20. The second kappa shape index (κ2) is 4.31. The van der Waals surface area contributed by atoms with Crippen molar-refractivity contribution in [3.8, 4) is 0 Å². The number of halogens is 1. The van der Waals surface area contributed by atoms with Gasteiger partial charge in [-0.1, -0.05) is 11.6 Å². The molecule has 0 aliphatic heterocycles. The van der Waals surface area contributed by atoms with E-state index in [9.17, 15) is 4.79 Å². The summed E-state index contributed by atoms with van der Waals surface area (Å²) in [5.41, 5.74) is 0.975. The van der Waals surface area contributed by atoms with Crippen LogP contribution in [0.5, 0.6) is 0 Å². The summed E-state index contributed by atoms with van der Waals surface area (Å²) in [6.07, 6.45) is -0.589. The third-order valence-electron chi connectivity index (χ3n) is 1.77. The summed E-state index contributed by atoms with van der Waals surface area (Å²) in [7, 11) is 0. The molecule has 0 atom stereocenters. The summed E-state index contributed by atoms with van der Waals surface area (Å²) in [6.45, 7) is 1.99. The smallest absolute Gasteiger partial charge is 0.412 e. The fourth-order valence-corrected chi connectivity index (χ4v) is 1.38. The number of hydrogen-bond donors (Lipinski definition) is 2. The zero-order chi connectivity index (χ0) is 11.5. The number of carbonyl (C=O) groups is 1. The third-order valence-corrected chi connectivity index (χ3v) is 2.03. The second-order valence-electron chi connectivity index (χ2n) is 2.84. The molecule has 0 aliphatic carbocycles. The Bertz CT molecular complexity index is 526. The molecule has 2 aromatic heterocycles. The number of pyridine rings is 1. The highest BCUT2D eigenvalue weighted by molar-refractivity contribution is 6.33. The van der Waals surface area contributed by atoms with Crippen molar-refractivity contribution in [3.05, 3.63) is 11.2 Å². The predicted octanol–water partition coefficient (Wildman–Crippen LogP) is 1.57. The number of nitrogens with one attached hydrogen (secondary N) is 2. The molecule has 0 saturated carbocycles. The van der Waals surface area contributed by atoms with Crippen LogP contribution in [0.25, 0.3) is 11.0 Å². The van der Waals surface area contributed by atoms with Gasteiger partial charge < -0.3 is 4.74 Å². The van der Waals surface area contributed by atoms with Crippen LogP contribution in [-0.2, 0) is 4.74 Å². The van der Waals surface area contributed by atoms with Crippen LogP contribution in [0.1, 0.15) is 6.92 Å². The number of fused-ring (bicyclic) bond motifs is 1. The van der Waals surface area contributed by atoms with E-state index >= 15 is 0 Å². The van der Waals surface area contributed by atoms with Gasteiger partial charge in [-0.3, -0.25) is 5.32 Å². The first-order valence-electron chi connectivity index (χ1n) is 4.51. The Morgan fingerprint density at radius 1 is 1.62 bits per heavy atom. The molecule has 16 heavy (non-hydrogen) atoms. The van der Waals surface area contributed by atoms with Gasteiger partial charge in [0.05, 0.1) is 6.61 Å². The Morgan fingerprint density at radius 2 is 2.44 bits per heavy atom. The van der Waals surface area contributed by atoms with Gasteiger partial charge >= 0.3 is 6.09 Å². The SMILES string of the molecule is CCOC(=O)Nc1cc2n[nH]nc2c(Cl)n1. The van der Waals surface area contributed by atoms with Crippen molar-refractivity contribution >= 4 is 34.5 Å². The summed E-state index contributed by atoms with van der Waals surface area (Å²) < 4.78 is 4.70. The Morgan fingerprint density at radius 3 is 3.19 bits per heavy atom. The summed E-state index contributed by atoms with van der Waals surface area (Å²) >= 11 is 5.84. The quantitative estimate of drug-likeness (QED) is 0.779. The zero-order valence-electron chi connectivity index (χ0n) is 8.32. The monoisotopic (exact) mass is 241 g/mol. The van der Waals surface area contributed by atoms with E-state index in [-0.39, 0.29) is 17.6 Å². The number of anilines is 1. The molecule has 0 bridgehead atoms. The molecule has 7 nitrogen and oxygen atoms in total. The van der Waals surface area contributed by atoms with Crippen molar-refractivity contribution in [2.75, 3.05) is 11.9 Å². The van der Waals surface area contributed by atoms with Crippen molar-refractivity contribution in [3.63, 3.8) is 0 Å². The van der Waals surface area contributed by atoms with E-state index in [1.54, 1.807) is 13.0 Å². The molecule has 0 aliphatic rings. The van der Waals surface area contributed by atoms with Crippen molar-refractivity contribution in [1.82, 2.24) is 20.4 Å². The van der Waals surface area contributed by atoms with Crippen LogP contribution in [-0.4, -0.2) is 33.1 Å². The largest absolute Gasteiger partial charge is 0.450 e. The van der Waals surface area contributed by atoms with Crippen LogP contribution in [0.3, 0.4) is 0 Å². The summed E-state index contributed by atoms with van der Waals surface area (Å²) in [4.78, 5) is 15.1. The number of amides is 1. The number of aromatic amines is 1.